The molecule has 0 aliphatic rings. The van der Waals surface area contributed by atoms with E-state index in [1.54, 1.807) is 12.1 Å². The van der Waals surface area contributed by atoms with Gasteiger partial charge < -0.3 is 19.1 Å². The van der Waals surface area contributed by atoms with Gasteiger partial charge in [0, 0.05) is 23.5 Å². The van der Waals surface area contributed by atoms with E-state index in [1.165, 1.54) is 12.7 Å². The van der Waals surface area contributed by atoms with Gasteiger partial charge in [-0.25, -0.2) is 9.59 Å². The summed E-state index contributed by atoms with van der Waals surface area (Å²) in [6.07, 6.45) is 4.26. The lowest BCUT2D eigenvalue weighted by molar-refractivity contribution is -0.139. The number of benzene rings is 2. The maximum Gasteiger partial charge on any atom is 0.341 e. The molecule has 32 heavy (non-hydrogen) atoms. The number of para-hydroxylation sites is 1. The second kappa shape index (κ2) is 10.4. The average Bonchev–Trinajstić information content (AvgIpc) is 3.09. The summed E-state index contributed by atoms with van der Waals surface area (Å²) in [6, 6.07) is 13.2. The number of carboxylic acid groups (broad SMARTS) is 1. The molecule has 1 aromatic heterocycles. The van der Waals surface area contributed by atoms with Crippen LogP contribution in [0.4, 0.5) is 0 Å². The molecule has 0 fully saturated rings. The molecule has 0 saturated carbocycles. The van der Waals surface area contributed by atoms with Crippen LogP contribution in [0.2, 0.25) is 0 Å². The molecular formula is C26H31NO5. The highest BCUT2D eigenvalue weighted by molar-refractivity contribution is 5.99. The Bertz CT molecular complexity index is 1110. The molecule has 1 N–H and O–H groups in total. The lowest BCUT2D eigenvalue weighted by atomic mass is 9.87. The molecule has 1 unspecified atom stereocenters. The van der Waals surface area contributed by atoms with Crippen LogP contribution < -0.4 is 4.74 Å². The molecular weight excluding hydrogens is 406 g/mol. The highest BCUT2D eigenvalue weighted by atomic mass is 16.5. The number of nitrogens with zero attached hydrogens (tertiary/aromatic N) is 1. The summed E-state index contributed by atoms with van der Waals surface area (Å²) in [5, 5.41) is 10.2. The highest BCUT2D eigenvalue weighted by Gasteiger charge is 2.25. The van der Waals surface area contributed by atoms with Crippen molar-refractivity contribution >= 4 is 22.8 Å². The van der Waals surface area contributed by atoms with Gasteiger partial charge in [-0.3, -0.25) is 0 Å². The number of ether oxygens (including phenoxy) is 2. The van der Waals surface area contributed by atoms with E-state index in [9.17, 15) is 9.59 Å². The SMILES string of the molecule is CCCCC(CC)c1c(-c2ccccc2OCC(=O)O)n(C)c2cc(C(=O)OC)ccc12. The largest absolute Gasteiger partial charge is 0.481 e. The van der Waals surface area contributed by atoms with Crippen LogP contribution in [-0.4, -0.2) is 35.3 Å². The zero-order valence-electron chi connectivity index (χ0n) is 19.2. The smallest absolute Gasteiger partial charge is 0.341 e. The zero-order chi connectivity index (χ0) is 23.3. The van der Waals surface area contributed by atoms with Crippen LogP contribution in [0.1, 0.15) is 61.4 Å². The third-order valence-electron chi connectivity index (χ3n) is 5.96. The molecule has 3 rings (SSSR count). The molecule has 1 atom stereocenters. The van der Waals surface area contributed by atoms with Crippen LogP contribution in [-0.2, 0) is 16.6 Å². The number of esters is 1. The number of fused-ring (bicyclic) bond motifs is 1. The van der Waals surface area contributed by atoms with E-state index in [0.29, 0.717) is 17.2 Å². The second-order valence-corrected chi connectivity index (χ2v) is 7.97. The predicted octanol–water partition coefficient (Wildman–Crippen LogP) is 5.78. The number of carbonyl (C=O) groups is 2. The summed E-state index contributed by atoms with van der Waals surface area (Å²) in [6.45, 7) is 3.98. The molecule has 0 amide bonds. The second-order valence-electron chi connectivity index (χ2n) is 7.97. The van der Waals surface area contributed by atoms with Gasteiger partial charge in [-0.15, -0.1) is 0 Å². The normalized spacial score (nSPS) is 12.0. The molecule has 3 aromatic rings. The predicted molar refractivity (Wildman–Crippen MR) is 125 cm³/mol. The molecule has 1 heterocycles. The van der Waals surface area contributed by atoms with Gasteiger partial charge in [0.15, 0.2) is 6.61 Å². The number of hydrogen-bond acceptors (Lipinski definition) is 4. The first-order chi connectivity index (χ1) is 15.4. The molecule has 0 saturated heterocycles. The summed E-state index contributed by atoms with van der Waals surface area (Å²) in [7, 11) is 3.35. The summed E-state index contributed by atoms with van der Waals surface area (Å²) in [5.41, 5.74) is 4.47. The van der Waals surface area contributed by atoms with Crippen LogP contribution in [0.15, 0.2) is 42.5 Å². The van der Waals surface area contributed by atoms with E-state index in [1.807, 2.05) is 37.4 Å². The highest BCUT2D eigenvalue weighted by Crippen LogP contribution is 2.44. The minimum atomic E-state index is -1.02. The fourth-order valence-electron chi connectivity index (χ4n) is 4.38. The van der Waals surface area contributed by atoms with E-state index in [2.05, 4.69) is 18.4 Å². The Morgan fingerprint density at radius 1 is 1.12 bits per heavy atom. The Morgan fingerprint density at radius 2 is 1.88 bits per heavy atom. The van der Waals surface area contributed by atoms with E-state index in [4.69, 9.17) is 14.6 Å². The lowest BCUT2D eigenvalue weighted by Gasteiger charge is -2.19. The number of methoxy groups -OCH3 is 1. The van der Waals surface area contributed by atoms with Gasteiger partial charge in [0.05, 0.1) is 18.4 Å². The first kappa shape index (κ1) is 23.4. The number of aliphatic carboxylic acids is 1. The molecule has 2 aromatic carbocycles. The number of rotatable bonds is 10. The Morgan fingerprint density at radius 3 is 2.53 bits per heavy atom. The Kier molecular flexibility index (Phi) is 7.57. The molecule has 170 valence electrons. The van der Waals surface area contributed by atoms with Gasteiger partial charge in [0.25, 0.3) is 0 Å². The average molecular weight is 438 g/mol. The van der Waals surface area contributed by atoms with Crippen LogP contribution in [0.5, 0.6) is 5.75 Å². The number of aromatic nitrogens is 1. The van der Waals surface area contributed by atoms with Crippen molar-refractivity contribution in [2.24, 2.45) is 7.05 Å². The van der Waals surface area contributed by atoms with Crippen molar-refractivity contribution in [3.05, 3.63) is 53.6 Å². The number of carboxylic acids is 1. The van der Waals surface area contributed by atoms with Crippen molar-refractivity contribution in [1.82, 2.24) is 4.57 Å². The summed E-state index contributed by atoms with van der Waals surface area (Å²) < 4.78 is 12.6. The third-order valence-corrected chi connectivity index (χ3v) is 5.96. The van der Waals surface area contributed by atoms with Crippen LogP contribution in [0.25, 0.3) is 22.2 Å². The topological polar surface area (TPSA) is 77.8 Å². The van der Waals surface area contributed by atoms with E-state index < -0.39 is 12.6 Å². The van der Waals surface area contributed by atoms with Crippen molar-refractivity contribution in [2.75, 3.05) is 13.7 Å². The van der Waals surface area contributed by atoms with Crippen molar-refractivity contribution in [2.45, 2.75) is 45.4 Å². The number of hydrogen-bond donors (Lipinski definition) is 1. The minimum absolute atomic E-state index is 0.324. The summed E-state index contributed by atoms with van der Waals surface area (Å²) >= 11 is 0. The first-order valence-corrected chi connectivity index (χ1v) is 11.1. The van der Waals surface area contributed by atoms with Gasteiger partial charge in [-0.05, 0) is 48.6 Å². The Balaban J connectivity index is 2.29. The molecule has 0 spiro atoms. The summed E-state index contributed by atoms with van der Waals surface area (Å²) in [4.78, 5) is 23.3. The van der Waals surface area contributed by atoms with Crippen LogP contribution in [0.3, 0.4) is 0 Å². The minimum Gasteiger partial charge on any atom is -0.481 e. The molecule has 0 radical (unpaired) electrons. The molecule has 0 aliphatic heterocycles. The van der Waals surface area contributed by atoms with Crippen molar-refractivity contribution in [3.8, 4) is 17.0 Å². The Labute approximate surface area is 188 Å². The number of carbonyl (C=O) groups excluding carboxylic acids is 1. The summed E-state index contributed by atoms with van der Waals surface area (Å²) in [5.74, 6) is -0.542. The van der Waals surface area contributed by atoms with Gasteiger partial charge in [0.2, 0.25) is 0 Å². The van der Waals surface area contributed by atoms with Crippen molar-refractivity contribution in [3.63, 3.8) is 0 Å². The number of unbranched alkanes of at least 4 members (excludes halogenated alkanes) is 1. The quantitative estimate of drug-likeness (QED) is 0.407. The van der Waals surface area contributed by atoms with Crippen molar-refractivity contribution < 1.29 is 24.2 Å². The van der Waals surface area contributed by atoms with E-state index in [-0.39, 0.29) is 5.97 Å². The molecule has 6 nitrogen and oxygen atoms in total. The Hall–Kier alpha value is -3.28. The monoisotopic (exact) mass is 437 g/mol. The van der Waals surface area contributed by atoms with Gasteiger partial charge in [-0.1, -0.05) is 44.9 Å². The molecule has 0 aliphatic carbocycles. The molecule has 6 heteroatoms. The molecule has 0 bridgehead atoms. The first-order valence-electron chi connectivity index (χ1n) is 11.1. The fraction of sp³-hybridized carbons (Fsp3) is 0.385. The zero-order valence-corrected chi connectivity index (χ0v) is 19.2. The lowest BCUT2D eigenvalue weighted by Crippen LogP contribution is -2.10. The van der Waals surface area contributed by atoms with Crippen molar-refractivity contribution in [1.29, 1.82) is 0 Å². The fourth-order valence-corrected chi connectivity index (χ4v) is 4.38. The standard InChI is InChI=1S/C26H31NO5/c1-5-7-10-17(6-2)24-19-14-13-18(26(30)31-4)15-21(19)27(3)25(24)20-11-8-9-12-22(20)32-16-23(28)29/h8-9,11-15,17H,5-7,10,16H2,1-4H3,(H,28,29). The van der Waals surface area contributed by atoms with Gasteiger partial charge >= 0.3 is 11.9 Å². The maximum absolute atomic E-state index is 12.2. The number of aryl methyl sites for hydroxylation is 1. The van der Waals surface area contributed by atoms with E-state index in [0.717, 1.165) is 47.8 Å². The maximum atomic E-state index is 12.2. The van der Waals surface area contributed by atoms with Crippen LogP contribution in [0, 0.1) is 0 Å². The van der Waals surface area contributed by atoms with E-state index >= 15 is 0 Å². The third kappa shape index (κ3) is 4.64. The van der Waals surface area contributed by atoms with Gasteiger partial charge in [-0.2, -0.15) is 0 Å². The van der Waals surface area contributed by atoms with Crippen LogP contribution >= 0.6 is 0 Å². The van der Waals surface area contributed by atoms with Gasteiger partial charge in [0.1, 0.15) is 5.75 Å².